The van der Waals surface area contributed by atoms with Gasteiger partial charge < -0.3 is 10.1 Å². The maximum absolute atomic E-state index is 6.06. The Kier molecular flexibility index (Phi) is 5.85. The third-order valence-electron chi connectivity index (χ3n) is 3.07. The molecular formula is C16H18Cl2N2O. The van der Waals surface area contributed by atoms with E-state index in [4.69, 9.17) is 27.9 Å². The van der Waals surface area contributed by atoms with Gasteiger partial charge in [0.05, 0.1) is 5.02 Å². The van der Waals surface area contributed by atoms with Crippen LogP contribution in [0.5, 0.6) is 11.6 Å². The summed E-state index contributed by atoms with van der Waals surface area (Å²) >= 11 is 12.0. The van der Waals surface area contributed by atoms with Crippen molar-refractivity contribution >= 4 is 23.2 Å². The number of hydrogen-bond donors (Lipinski definition) is 1. The van der Waals surface area contributed by atoms with E-state index in [1.807, 2.05) is 12.1 Å². The van der Waals surface area contributed by atoms with Gasteiger partial charge in [-0.2, -0.15) is 0 Å². The van der Waals surface area contributed by atoms with Gasteiger partial charge in [0.25, 0.3) is 0 Å². The van der Waals surface area contributed by atoms with Crippen LogP contribution in [0.2, 0.25) is 10.0 Å². The molecule has 0 aliphatic heterocycles. The highest BCUT2D eigenvalue weighted by Crippen LogP contribution is 2.31. The summed E-state index contributed by atoms with van der Waals surface area (Å²) in [7, 11) is 0. The molecule has 0 saturated carbocycles. The second-order valence-corrected chi connectivity index (χ2v) is 5.63. The minimum absolute atomic E-state index is 0.265. The number of hydrogen-bond acceptors (Lipinski definition) is 3. The summed E-state index contributed by atoms with van der Waals surface area (Å²) in [6.07, 6.45) is 2.91. The molecular weight excluding hydrogens is 307 g/mol. The maximum Gasteiger partial charge on any atom is 0.219 e. The number of rotatable bonds is 6. The third kappa shape index (κ3) is 4.60. The van der Waals surface area contributed by atoms with Crippen LogP contribution in [0.4, 0.5) is 0 Å². The predicted octanol–water partition coefficient (Wildman–Crippen LogP) is 5.24. The Morgan fingerprint density at radius 2 is 2.05 bits per heavy atom. The fourth-order valence-corrected chi connectivity index (χ4v) is 2.17. The van der Waals surface area contributed by atoms with Gasteiger partial charge in [-0.15, -0.1) is 0 Å². The van der Waals surface area contributed by atoms with E-state index in [0.717, 1.165) is 18.5 Å². The molecule has 3 nitrogen and oxygen atoms in total. The molecule has 112 valence electrons. The number of ether oxygens (including phenoxy) is 1. The quantitative estimate of drug-likeness (QED) is 0.788. The second kappa shape index (κ2) is 7.64. The van der Waals surface area contributed by atoms with Crippen molar-refractivity contribution in [3.63, 3.8) is 0 Å². The molecule has 2 aromatic rings. The van der Waals surface area contributed by atoms with Gasteiger partial charge in [0.15, 0.2) is 0 Å². The van der Waals surface area contributed by atoms with E-state index in [-0.39, 0.29) is 6.04 Å². The number of halogens is 2. The first-order valence-electron chi connectivity index (χ1n) is 6.92. The Hall–Kier alpha value is -1.29. The monoisotopic (exact) mass is 324 g/mol. The Bertz CT molecular complexity index is 587. The molecule has 0 aliphatic rings. The van der Waals surface area contributed by atoms with E-state index in [9.17, 15) is 0 Å². The Labute approximate surface area is 135 Å². The van der Waals surface area contributed by atoms with Crippen LogP contribution in [0.3, 0.4) is 0 Å². The fraction of sp³-hybridized carbons (Fsp3) is 0.312. The van der Waals surface area contributed by atoms with Crippen LogP contribution in [0.25, 0.3) is 0 Å². The topological polar surface area (TPSA) is 34.1 Å². The highest BCUT2D eigenvalue weighted by molar-refractivity contribution is 6.34. The molecule has 0 radical (unpaired) electrons. The van der Waals surface area contributed by atoms with Gasteiger partial charge in [0, 0.05) is 29.4 Å². The molecule has 0 saturated heterocycles. The van der Waals surface area contributed by atoms with E-state index >= 15 is 0 Å². The van der Waals surface area contributed by atoms with Crippen molar-refractivity contribution in [3.05, 3.63) is 52.1 Å². The zero-order valence-electron chi connectivity index (χ0n) is 12.1. The van der Waals surface area contributed by atoms with Gasteiger partial charge in [-0.25, -0.2) is 4.98 Å². The average Bonchev–Trinajstić information content (AvgIpc) is 2.49. The van der Waals surface area contributed by atoms with Gasteiger partial charge in [0.1, 0.15) is 5.75 Å². The largest absolute Gasteiger partial charge is 0.437 e. The summed E-state index contributed by atoms with van der Waals surface area (Å²) in [5.41, 5.74) is 1.12. The minimum Gasteiger partial charge on any atom is -0.437 e. The fourth-order valence-electron chi connectivity index (χ4n) is 1.86. The lowest BCUT2D eigenvalue weighted by atomic mass is 10.1. The van der Waals surface area contributed by atoms with Crippen molar-refractivity contribution in [2.24, 2.45) is 0 Å². The van der Waals surface area contributed by atoms with Gasteiger partial charge in [-0.1, -0.05) is 36.2 Å². The van der Waals surface area contributed by atoms with E-state index in [1.54, 1.807) is 24.4 Å². The summed E-state index contributed by atoms with van der Waals surface area (Å²) in [5.74, 6) is 0.993. The van der Waals surface area contributed by atoms with Crippen molar-refractivity contribution in [1.29, 1.82) is 0 Å². The van der Waals surface area contributed by atoms with E-state index in [0.29, 0.717) is 21.7 Å². The average molecular weight is 325 g/mol. The van der Waals surface area contributed by atoms with Crippen LogP contribution < -0.4 is 10.1 Å². The van der Waals surface area contributed by atoms with Gasteiger partial charge >= 0.3 is 0 Å². The highest BCUT2D eigenvalue weighted by Gasteiger charge is 2.08. The van der Waals surface area contributed by atoms with Crippen LogP contribution >= 0.6 is 23.2 Å². The molecule has 1 atom stereocenters. The predicted molar refractivity (Wildman–Crippen MR) is 87.5 cm³/mol. The summed E-state index contributed by atoms with van der Waals surface area (Å²) in [4.78, 5) is 4.31. The van der Waals surface area contributed by atoms with Crippen molar-refractivity contribution in [3.8, 4) is 11.6 Å². The number of benzene rings is 1. The summed E-state index contributed by atoms with van der Waals surface area (Å²) < 4.78 is 5.66. The first-order chi connectivity index (χ1) is 10.1. The van der Waals surface area contributed by atoms with E-state index in [2.05, 4.69) is 24.1 Å². The number of nitrogens with zero attached hydrogens (tertiary/aromatic N) is 1. The molecule has 2 rings (SSSR count). The molecule has 1 heterocycles. The number of nitrogens with one attached hydrogen (secondary N) is 1. The lowest BCUT2D eigenvalue weighted by molar-refractivity contribution is 0.461. The van der Waals surface area contributed by atoms with Gasteiger partial charge in [-0.3, -0.25) is 0 Å². The molecule has 1 unspecified atom stereocenters. The minimum atomic E-state index is 0.265. The molecule has 1 aromatic heterocycles. The Morgan fingerprint density at radius 1 is 1.24 bits per heavy atom. The maximum atomic E-state index is 6.06. The standard InChI is InChI=1S/C16H18Cl2N2O/c1-3-8-19-11(2)12-4-7-16(20-10-12)21-15-9-13(17)5-6-14(15)18/h4-7,9-11,19H,3,8H2,1-2H3. The summed E-state index contributed by atoms with van der Waals surface area (Å²) in [5, 5.41) is 4.49. The van der Waals surface area contributed by atoms with Crippen LogP contribution in [0.1, 0.15) is 31.9 Å². The van der Waals surface area contributed by atoms with Crippen molar-refractivity contribution in [1.82, 2.24) is 10.3 Å². The first-order valence-corrected chi connectivity index (χ1v) is 7.68. The lowest BCUT2D eigenvalue weighted by Gasteiger charge is -2.13. The molecule has 0 aliphatic carbocycles. The zero-order chi connectivity index (χ0) is 15.2. The molecule has 1 aromatic carbocycles. The Morgan fingerprint density at radius 3 is 2.71 bits per heavy atom. The van der Waals surface area contributed by atoms with E-state index in [1.165, 1.54) is 0 Å². The Balaban J connectivity index is 2.07. The number of pyridine rings is 1. The van der Waals surface area contributed by atoms with Gasteiger partial charge in [0.2, 0.25) is 5.88 Å². The van der Waals surface area contributed by atoms with Crippen molar-refractivity contribution < 1.29 is 4.74 Å². The molecule has 0 bridgehead atoms. The van der Waals surface area contributed by atoms with E-state index < -0.39 is 0 Å². The molecule has 0 fully saturated rings. The molecule has 5 heteroatoms. The van der Waals surface area contributed by atoms with Crippen LogP contribution in [0.15, 0.2) is 36.5 Å². The summed E-state index contributed by atoms with van der Waals surface area (Å²) in [6, 6.07) is 9.18. The van der Waals surface area contributed by atoms with Crippen LogP contribution in [0, 0.1) is 0 Å². The smallest absolute Gasteiger partial charge is 0.219 e. The molecule has 21 heavy (non-hydrogen) atoms. The van der Waals surface area contributed by atoms with Gasteiger partial charge in [-0.05, 0) is 37.6 Å². The molecule has 1 N–H and O–H groups in total. The SMILES string of the molecule is CCCNC(C)c1ccc(Oc2cc(Cl)ccc2Cl)nc1. The highest BCUT2D eigenvalue weighted by atomic mass is 35.5. The second-order valence-electron chi connectivity index (χ2n) is 4.78. The summed E-state index contributed by atoms with van der Waals surface area (Å²) in [6.45, 7) is 5.24. The third-order valence-corrected chi connectivity index (χ3v) is 3.61. The first kappa shape index (κ1) is 16.1. The zero-order valence-corrected chi connectivity index (χ0v) is 13.6. The molecule has 0 spiro atoms. The van der Waals surface area contributed by atoms with Crippen LogP contribution in [-0.2, 0) is 0 Å². The van der Waals surface area contributed by atoms with Crippen LogP contribution in [-0.4, -0.2) is 11.5 Å². The number of aromatic nitrogens is 1. The van der Waals surface area contributed by atoms with Crippen molar-refractivity contribution in [2.45, 2.75) is 26.3 Å². The lowest BCUT2D eigenvalue weighted by Crippen LogP contribution is -2.19. The van der Waals surface area contributed by atoms with Crippen molar-refractivity contribution in [2.75, 3.05) is 6.54 Å². The normalized spacial score (nSPS) is 12.2. The molecule has 0 amide bonds.